The molecule has 0 fully saturated rings. The zero-order valence-electron chi connectivity index (χ0n) is 28.0. The summed E-state index contributed by atoms with van der Waals surface area (Å²) in [6.45, 7) is 10.8. The van der Waals surface area contributed by atoms with Crippen LogP contribution in [0.5, 0.6) is 0 Å². The number of carbonyl (C=O) groups is 6. The number of carboxylic acid groups (broad SMARTS) is 2. The van der Waals surface area contributed by atoms with Gasteiger partial charge in [-0.2, -0.15) is 0 Å². The number of amides is 4. The molecule has 47 heavy (non-hydrogen) atoms. The minimum atomic E-state index is -1.51. The Hall–Kier alpha value is -4.46. The van der Waals surface area contributed by atoms with Gasteiger partial charge in [-0.1, -0.05) is 72.6 Å². The van der Waals surface area contributed by atoms with Gasteiger partial charge in [0, 0.05) is 23.5 Å². The van der Waals surface area contributed by atoms with Crippen molar-refractivity contribution >= 4 is 46.5 Å². The number of aromatic amines is 1. The molecule has 2 aromatic rings. The first-order valence-corrected chi connectivity index (χ1v) is 16.1. The van der Waals surface area contributed by atoms with Gasteiger partial charge in [0.25, 0.3) is 0 Å². The van der Waals surface area contributed by atoms with E-state index in [2.05, 4.69) is 26.3 Å². The number of fused-ring (bicyclic) bond motifs is 1. The van der Waals surface area contributed by atoms with Crippen LogP contribution in [-0.2, 0) is 35.2 Å². The van der Waals surface area contributed by atoms with Crippen LogP contribution in [0.1, 0.15) is 72.8 Å². The molecular weight excluding hydrogens is 608 g/mol. The summed E-state index contributed by atoms with van der Waals surface area (Å²) in [4.78, 5) is 80.0. The van der Waals surface area contributed by atoms with Crippen molar-refractivity contribution in [3.63, 3.8) is 0 Å². The van der Waals surface area contributed by atoms with E-state index in [1.54, 1.807) is 27.0 Å². The van der Waals surface area contributed by atoms with E-state index < -0.39 is 84.0 Å². The smallest absolute Gasteiger partial charge is 0.326 e. The molecule has 0 bridgehead atoms. The van der Waals surface area contributed by atoms with E-state index in [0.717, 1.165) is 10.9 Å². The zero-order chi connectivity index (χ0) is 35.4. The second-order valence-corrected chi connectivity index (χ2v) is 12.6. The molecule has 0 aliphatic carbocycles. The molecule has 0 unspecified atom stereocenters. The minimum absolute atomic E-state index is 0.00464. The van der Waals surface area contributed by atoms with E-state index >= 15 is 0 Å². The molecule has 0 saturated heterocycles. The molecule has 9 N–H and O–H groups in total. The number of rotatable bonds is 19. The summed E-state index contributed by atoms with van der Waals surface area (Å²) in [7, 11) is 0. The maximum Gasteiger partial charge on any atom is 0.326 e. The minimum Gasteiger partial charge on any atom is -0.481 e. The summed E-state index contributed by atoms with van der Waals surface area (Å²) in [5, 5.41) is 30.4. The number of nitrogens with one attached hydrogen (secondary N) is 5. The summed E-state index contributed by atoms with van der Waals surface area (Å²) in [6, 6.07) is 1.26. The van der Waals surface area contributed by atoms with Crippen molar-refractivity contribution in [3.8, 4) is 0 Å². The molecule has 7 atom stereocenters. The van der Waals surface area contributed by atoms with Gasteiger partial charge in [0.2, 0.25) is 23.6 Å². The molecule has 0 spiro atoms. The Balaban J connectivity index is 2.25. The second kappa shape index (κ2) is 18.0. The first-order valence-electron chi connectivity index (χ1n) is 16.1. The van der Waals surface area contributed by atoms with Gasteiger partial charge in [-0.25, -0.2) is 4.79 Å². The summed E-state index contributed by atoms with van der Waals surface area (Å²) in [5.41, 5.74) is 7.45. The third kappa shape index (κ3) is 11.4. The number of carbonyl (C=O) groups excluding carboxylic acids is 4. The second-order valence-electron chi connectivity index (χ2n) is 12.6. The van der Waals surface area contributed by atoms with Crippen molar-refractivity contribution in [2.45, 2.75) is 104 Å². The lowest BCUT2D eigenvalue weighted by Gasteiger charge is -2.30. The Morgan fingerprint density at radius 3 is 1.83 bits per heavy atom. The number of nitrogens with two attached hydrogens (primary N) is 1. The third-order valence-corrected chi connectivity index (χ3v) is 8.37. The molecule has 1 aromatic heterocycles. The molecule has 2 rings (SSSR count). The highest BCUT2D eigenvalue weighted by molar-refractivity contribution is 5.97. The van der Waals surface area contributed by atoms with Gasteiger partial charge in [0.05, 0.1) is 12.5 Å². The Labute approximate surface area is 275 Å². The van der Waals surface area contributed by atoms with Crippen molar-refractivity contribution in [1.82, 2.24) is 26.3 Å². The molecule has 1 aromatic carbocycles. The van der Waals surface area contributed by atoms with E-state index in [-0.39, 0.29) is 12.3 Å². The van der Waals surface area contributed by atoms with E-state index in [1.165, 1.54) is 0 Å². The number of benzene rings is 1. The monoisotopic (exact) mass is 658 g/mol. The lowest BCUT2D eigenvalue weighted by Crippen LogP contribution is -2.61. The Kier molecular flexibility index (Phi) is 14.9. The largest absolute Gasteiger partial charge is 0.481 e. The molecule has 260 valence electrons. The standard InChI is InChI=1S/C33H50N6O8/c1-7-18(5)27(31(44)37-25(33(46)47)14-20-16-35-23-12-10-9-11-21(20)23)39-32(45)28(19(6)8-2)38-30(43)24(15-26(40)41)36-29(42)22(34)13-17(3)4/h9-12,16-19,22,24-25,27-28,35H,7-8,13-15,34H2,1-6H3,(H,36,42)(H,37,44)(H,38,43)(H,39,45)(H,40,41)(H,46,47)/t18-,19-,22-,24-,25-,27-,28-/m0/s1. The number of carboxylic acids is 2. The molecule has 1 heterocycles. The van der Waals surface area contributed by atoms with Crippen molar-refractivity contribution in [2.24, 2.45) is 23.5 Å². The van der Waals surface area contributed by atoms with Crippen molar-refractivity contribution < 1.29 is 39.0 Å². The normalized spacial score (nSPS) is 15.8. The van der Waals surface area contributed by atoms with E-state index in [4.69, 9.17) is 5.73 Å². The maximum atomic E-state index is 13.7. The van der Waals surface area contributed by atoms with Crippen molar-refractivity contribution in [2.75, 3.05) is 0 Å². The van der Waals surface area contributed by atoms with Gasteiger partial charge < -0.3 is 42.2 Å². The van der Waals surface area contributed by atoms with E-state index in [1.807, 2.05) is 45.0 Å². The van der Waals surface area contributed by atoms with Gasteiger partial charge in [-0.15, -0.1) is 0 Å². The third-order valence-electron chi connectivity index (χ3n) is 8.37. The first kappa shape index (κ1) is 38.7. The van der Waals surface area contributed by atoms with Crippen LogP contribution in [0, 0.1) is 17.8 Å². The SMILES string of the molecule is CC[C@H](C)[C@H](NC(=O)[C@H](CC(=O)O)NC(=O)[C@@H](N)CC(C)C)C(=O)N[C@H](C(=O)N[C@@H](Cc1c[nH]c2ccccc12)C(=O)O)[C@@H](C)CC. The molecule has 0 radical (unpaired) electrons. The fourth-order valence-electron chi connectivity index (χ4n) is 5.16. The van der Waals surface area contributed by atoms with Gasteiger partial charge in [-0.3, -0.25) is 24.0 Å². The lowest BCUT2D eigenvalue weighted by molar-refractivity contribution is -0.142. The Morgan fingerprint density at radius 2 is 1.30 bits per heavy atom. The predicted molar refractivity (Wildman–Crippen MR) is 176 cm³/mol. The highest BCUT2D eigenvalue weighted by atomic mass is 16.4. The van der Waals surface area contributed by atoms with Gasteiger partial charge in [0.15, 0.2) is 0 Å². The van der Waals surface area contributed by atoms with Crippen LogP contribution in [-0.4, -0.2) is 81.0 Å². The topological polar surface area (TPSA) is 233 Å². The zero-order valence-corrected chi connectivity index (χ0v) is 28.0. The number of hydrogen-bond donors (Lipinski definition) is 8. The average molecular weight is 659 g/mol. The Bertz CT molecular complexity index is 1410. The molecule has 14 heteroatoms. The van der Waals surface area contributed by atoms with E-state index in [9.17, 15) is 39.0 Å². The number of aromatic nitrogens is 1. The fourth-order valence-corrected chi connectivity index (χ4v) is 5.16. The highest BCUT2D eigenvalue weighted by Crippen LogP contribution is 2.20. The molecular formula is C33H50N6O8. The van der Waals surface area contributed by atoms with Crippen LogP contribution >= 0.6 is 0 Å². The van der Waals surface area contributed by atoms with Crippen molar-refractivity contribution in [3.05, 3.63) is 36.0 Å². The van der Waals surface area contributed by atoms with Gasteiger partial charge in [0.1, 0.15) is 24.2 Å². The molecule has 0 saturated carbocycles. The first-order chi connectivity index (χ1) is 22.1. The van der Waals surface area contributed by atoms with Crippen LogP contribution in [0.15, 0.2) is 30.5 Å². The quantitative estimate of drug-likeness (QED) is 0.110. The summed E-state index contributed by atoms with van der Waals surface area (Å²) < 4.78 is 0. The highest BCUT2D eigenvalue weighted by Gasteiger charge is 2.36. The molecule has 0 aliphatic rings. The van der Waals surface area contributed by atoms with Crippen LogP contribution in [0.2, 0.25) is 0 Å². The summed E-state index contributed by atoms with van der Waals surface area (Å²) >= 11 is 0. The molecule has 0 aliphatic heterocycles. The fraction of sp³-hybridized carbons (Fsp3) is 0.576. The van der Waals surface area contributed by atoms with Crippen LogP contribution in [0.3, 0.4) is 0 Å². The van der Waals surface area contributed by atoms with Crippen molar-refractivity contribution in [1.29, 1.82) is 0 Å². The van der Waals surface area contributed by atoms with Crippen LogP contribution < -0.4 is 27.0 Å². The number of para-hydroxylation sites is 1. The van der Waals surface area contributed by atoms with E-state index in [0.29, 0.717) is 24.8 Å². The van der Waals surface area contributed by atoms with Gasteiger partial charge in [-0.05, 0) is 35.8 Å². The summed E-state index contributed by atoms with van der Waals surface area (Å²) in [6.07, 6.45) is 2.15. The number of H-pyrrole nitrogens is 1. The number of aliphatic carboxylic acids is 2. The number of hydrogen-bond acceptors (Lipinski definition) is 7. The predicted octanol–water partition coefficient (Wildman–Crippen LogP) is 1.67. The molecule has 14 nitrogen and oxygen atoms in total. The average Bonchev–Trinajstić information content (AvgIpc) is 3.42. The van der Waals surface area contributed by atoms with Crippen LogP contribution in [0.4, 0.5) is 0 Å². The van der Waals surface area contributed by atoms with Gasteiger partial charge >= 0.3 is 11.9 Å². The summed E-state index contributed by atoms with van der Waals surface area (Å²) in [5.74, 6) is -6.41. The maximum absolute atomic E-state index is 13.7. The Morgan fingerprint density at radius 1 is 0.766 bits per heavy atom. The lowest BCUT2D eigenvalue weighted by atomic mass is 9.94. The van der Waals surface area contributed by atoms with Crippen LogP contribution in [0.25, 0.3) is 10.9 Å². The molecule has 4 amide bonds.